The van der Waals surface area contributed by atoms with Crippen LogP contribution in [0.4, 0.5) is 10.1 Å². The molecule has 1 saturated heterocycles. The van der Waals surface area contributed by atoms with Crippen molar-refractivity contribution in [2.45, 2.75) is 12.8 Å². The van der Waals surface area contributed by atoms with Crippen molar-refractivity contribution in [2.75, 3.05) is 37.7 Å². The van der Waals surface area contributed by atoms with Crippen LogP contribution in [0.2, 0.25) is 0 Å². The van der Waals surface area contributed by atoms with Crippen LogP contribution in [0.1, 0.15) is 24.0 Å². The number of ether oxygens (including phenoxy) is 1. The maximum Gasteiger partial charge on any atom is 0.142 e. The highest BCUT2D eigenvalue weighted by molar-refractivity contribution is 6.15. The Hall–Kier alpha value is -1.95. The SMILES string of the molecule is Cl.Cl.Fc1cncc(C2=NCCCC2=Cc2ccc(N3CCOCC3)cc2)c1. The van der Waals surface area contributed by atoms with E-state index in [0.29, 0.717) is 0 Å². The van der Waals surface area contributed by atoms with Crippen LogP contribution in [0.5, 0.6) is 0 Å². The van der Waals surface area contributed by atoms with Gasteiger partial charge in [0.1, 0.15) is 5.82 Å². The number of hydrogen-bond acceptors (Lipinski definition) is 4. The predicted molar refractivity (Wildman–Crippen MR) is 117 cm³/mol. The lowest BCUT2D eigenvalue weighted by Gasteiger charge is -2.28. The first-order valence-corrected chi connectivity index (χ1v) is 9.09. The zero-order chi connectivity index (χ0) is 17.8. The lowest BCUT2D eigenvalue weighted by atomic mass is 9.95. The van der Waals surface area contributed by atoms with Crippen molar-refractivity contribution in [3.8, 4) is 0 Å². The van der Waals surface area contributed by atoms with E-state index in [1.807, 2.05) is 0 Å². The van der Waals surface area contributed by atoms with Crippen molar-refractivity contribution in [1.29, 1.82) is 0 Å². The maximum atomic E-state index is 13.5. The minimum Gasteiger partial charge on any atom is -0.378 e. The molecular weight excluding hydrogens is 400 g/mol. The van der Waals surface area contributed by atoms with E-state index in [1.165, 1.54) is 18.0 Å². The number of morpholine rings is 1. The molecule has 150 valence electrons. The van der Waals surface area contributed by atoms with Crippen LogP contribution in [0.3, 0.4) is 0 Å². The number of halogens is 3. The lowest BCUT2D eigenvalue weighted by Crippen LogP contribution is -2.36. The molecule has 0 atom stereocenters. The fourth-order valence-electron chi connectivity index (χ4n) is 3.44. The Morgan fingerprint density at radius 3 is 2.50 bits per heavy atom. The highest BCUT2D eigenvalue weighted by Crippen LogP contribution is 2.24. The van der Waals surface area contributed by atoms with Crippen molar-refractivity contribution in [3.05, 3.63) is 65.2 Å². The van der Waals surface area contributed by atoms with Gasteiger partial charge in [-0.1, -0.05) is 12.1 Å². The molecule has 2 aromatic rings. The Morgan fingerprint density at radius 1 is 1.04 bits per heavy atom. The van der Waals surface area contributed by atoms with Gasteiger partial charge in [-0.3, -0.25) is 9.98 Å². The van der Waals surface area contributed by atoms with Crippen LogP contribution in [-0.2, 0) is 4.74 Å². The smallest absolute Gasteiger partial charge is 0.142 e. The molecule has 7 heteroatoms. The summed E-state index contributed by atoms with van der Waals surface area (Å²) in [7, 11) is 0. The molecule has 0 bridgehead atoms. The monoisotopic (exact) mass is 423 g/mol. The van der Waals surface area contributed by atoms with Gasteiger partial charge in [-0.2, -0.15) is 0 Å². The average Bonchev–Trinajstić information content (AvgIpc) is 2.70. The summed E-state index contributed by atoms with van der Waals surface area (Å²) in [5, 5.41) is 0. The fourth-order valence-corrected chi connectivity index (χ4v) is 3.44. The Bertz CT molecular complexity index is 834. The quantitative estimate of drug-likeness (QED) is 0.725. The zero-order valence-electron chi connectivity index (χ0n) is 15.5. The van der Waals surface area contributed by atoms with Gasteiger partial charge in [0.15, 0.2) is 0 Å². The summed E-state index contributed by atoms with van der Waals surface area (Å²) in [6.45, 7) is 4.22. The first-order valence-electron chi connectivity index (χ1n) is 9.09. The standard InChI is InChI=1S/C21H22FN3O.2ClH/c22-19-13-18(14-23-15-19)21-17(2-1-7-24-21)12-16-3-5-20(6-4-16)25-8-10-26-11-9-25;;/h3-6,12-15H,1-2,7-11H2;2*1H. The third-order valence-electron chi connectivity index (χ3n) is 4.77. The second-order valence-electron chi connectivity index (χ2n) is 6.59. The molecule has 0 unspecified atom stereocenters. The van der Waals surface area contributed by atoms with Gasteiger partial charge >= 0.3 is 0 Å². The maximum absolute atomic E-state index is 13.5. The van der Waals surface area contributed by atoms with Crippen molar-refractivity contribution in [2.24, 2.45) is 4.99 Å². The number of pyridine rings is 1. The minimum atomic E-state index is -0.329. The topological polar surface area (TPSA) is 37.7 Å². The van der Waals surface area contributed by atoms with Crippen molar-refractivity contribution in [1.82, 2.24) is 4.98 Å². The molecule has 0 N–H and O–H groups in total. The molecule has 2 aliphatic heterocycles. The van der Waals surface area contributed by atoms with Crippen molar-refractivity contribution < 1.29 is 9.13 Å². The van der Waals surface area contributed by atoms with Gasteiger partial charge in [0.25, 0.3) is 0 Å². The van der Waals surface area contributed by atoms with Crippen molar-refractivity contribution in [3.63, 3.8) is 0 Å². The molecule has 1 fully saturated rings. The van der Waals surface area contributed by atoms with Gasteiger partial charge in [0, 0.05) is 37.1 Å². The van der Waals surface area contributed by atoms with Crippen LogP contribution < -0.4 is 4.90 Å². The number of aliphatic imine (C=N–C) groups is 1. The summed E-state index contributed by atoms with van der Waals surface area (Å²) in [6, 6.07) is 10.1. The molecule has 0 radical (unpaired) electrons. The molecule has 0 saturated carbocycles. The Morgan fingerprint density at radius 2 is 1.79 bits per heavy atom. The van der Waals surface area contributed by atoms with Crippen LogP contribution in [0.15, 0.2) is 53.3 Å². The minimum absolute atomic E-state index is 0. The summed E-state index contributed by atoms with van der Waals surface area (Å²) in [4.78, 5) is 10.9. The third-order valence-corrected chi connectivity index (χ3v) is 4.77. The molecule has 0 amide bonds. The van der Waals surface area contributed by atoms with Gasteiger partial charge in [-0.25, -0.2) is 4.39 Å². The number of anilines is 1. The molecule has 4 nitrogen and oxygen atoms in total. The molecule has 4 rings (SSSR count). The van der Waals surface area contributed by atoms with Crippen LogP contribution in [0.25, 0.3) is 6.08 Å². The highest BCUT2D eigenvalue weighted by Gasteiger charge is 2.15. The summed E-state index contributed by atoms with van der Waals surface area (Å²) in [6.07, 6.45) is 7.03. The van der Waals surface area contributed by atoms with E-state index in [2.05, 4.69) is 45.2 Å². The van der Waals surface area contributed by atoms with E-state index in [-0.39, 0.29) is 30.6 Å². The molecule has 1 aromatic heterocycles. The number of hydrogen-bond donors (Lipinski definition) is 0. The Labute approximate surface area is 177 Å². The summed E-state index contributed by atoms with van der Waals surface area (Å²) < 4.78 is 19.0. The summed E-state index contributed by atoms with van der Waals surface area (Å²) in [5.41, 5.74) is 5.11. The van der Waals surface area contributed by atoms with Gasteiger partial charge < -0.3 is 9.64 Å². The van der Waals surface area contributed by atoms with Crippen LogP contribution in [-0.4, -0.2) is 43.5 Å². The molecule has 0 aliphatic carbocycles. The first-order chi connectivity index (χ1) is 12.8. The molecule has 28 heavy (non-hydrogen) atoms. The van der Waals surface area contributed by atoms with Crippen molar-refractivity contribution >= 4 is 42.3 Å². The molecule has 2 aliphatic rings. The highest BCUT2D eigenvalue weighted by atomic mass is 35.5. The van der Waals surface area contributed by atoms with E-state index >= 15 is 0 Å². The number of allylic oxidation sites excluding steroid dienone is 1. The van der Waals surface area contributed by atoms with Gasteiger partial charge in [-0.05, 0) is 48.3 Å². The predicted octanol–water partition coefficient (Wildman–Crippen LogP) is 4.57. The van der Waals surface area contributed by atoms with Crippen LogP contribution >= 0.6 is 24.8 Å². The Balaban J connectivity index is 0.00000140. The van der Waals surface area contributed by atoms with Crippen LogP contribution in [0, 0.1) is 5.82 Å². The zero-order valence-corrected chi connectivity index (χ0v) is 17.1. The second kappa shape index (κ2) is 10.6. The van der Waals surface area contributed by atoms with Gasteiger partial charge in [-0.15, -0.1) is 24.8 Å². The van der Waals surface area contributed by atoms with E-state index in [9.17, 15) is 4.39 Å². The number of rotatable bonds is 3. The fraction of sp³-hybridized carbons (Fsp3) is 0.333. The van der Waals surface area contributed by atoms with Gasteiger partial charge in [0.2, 0.25) is 0 Å². The van der Waals surface area contributed by atoms with E-state index in [0.717, 1.165) is 68.1 Å². The molecular formula is C21H24Cl2FN3O. The number of benzene rings is 1. The molecule has 3 heterocycles. The molecule has 1 aromatic carbocycles. The van der Waals surface area contributed by atoms with Gasteiger partial charge in [0.05, 0.1) is 25.1 Å². The average molecular weight is 424 g/mol. The van der Waals surface area contributed by atoms with E-state index in [4.69, 9.17) is 4.74 Å². The Kier molecular flexibility index (Phi) is 8.42. The lowest BCUT2D eigenvalue weighted by molar-refractivity contribution is 0.122. The number of nitrogens with zero attached hydrogens (tertiary/aromatic N) is 3. The van der Waals surface area contributed by atoms with E-state index < -0.39 is 0 Å². The largest absolute Gasteiger partial charge is 0.378 e. The van der Waals surface area contributed by atoms with E-state index in [1.54, 1.807) is 6.20 Å². The third kappa shape index (κ3) is 5.31. The normalized spacial score (nSPS) is 18.1. The molecule has 0 spiro atoms. The first kappa shape index (κ1) is 22.3. The number of aromatic nitrogens is 1. The summed E-state index contributed by atoms with van der Waals surface area (Å²) in [5.74, 6) is -0.329. The summed E-state index contributed by atoms with van der Waals surface area (Å²) >= 11 is 0. The second-order valence-corrected chi connectivity index (χ2v) is 6.59.